The van der Waals surface area contributed by atoms with Crippen LogP contribution in [0.1, 0.15) is 12.5 Å². The number of anilines is 2. The highest BCUT2D eigenvalue weighted by Gasteiger charge is 2.12. The van der Waals surface area contributed by atoms with Gasteiger partial charge in [0.25, 0.3) is 5.91 Å². The van der Waals surface area contributed by atoms with E-state index in [1.807, 2.05) is 49.1 Å². The molecule has 0 atom stereocenters. The van der Waals surface area contributed by atoms with E-state index in [0.29, 0.717) is 17.3 Å². The third-order valence-corrected chi connectivity index (χ3v) is 3.68. The number of nitrogens with zero attached hydrogens (tertiary/aromatic N) is 2. The average molecular weight is 340 g/mol. The van der Waals surface area contributed by atoms with Gasteiger partial charge in [0.15, 0.2) is 0 Å². The largest absolute Gasteiger partial charge is 0.347 e. The Labute approximate surface area is 147 Å². The molecule has 0 aliphatic rings. The van der Waals surface area contributed by atoms with Crippen LogP contribution in [-0.2, 0) is 4.79 Å². The number of carbonyl (C=O) groups is 1. The number of benzene rings is 2. The third-order valence-electron chi connectivity index (χ3n) is 3.43. The summed E-state index contributed by atoms with van der Waals surface area (Å²) in [5.41, 5.74) is 2.67. The second kappa shape index (κ2) is 8.19. The van der Waals surface area contributed by atoms with Gasteiger partial charge in [0, 0.05) is 29.1 Å². The van der Waals surface area contributed by atoms with Crippen LogP contribution in [0.2, 0.25) is 5.02 Å². The van der Waals surface area contributed by atoms with Crippen molar-refractivity contribution < 1.29 is 4.79 Å². The molecule has 5 heteroatoms. The van der Waals surface area contributed by atoms with E-state index in [9.17, 15) is 10.1 Å². The van der Waals surface area contributed by atoms with Crippen molar-refractivity contribution in [1.82, 2.24) is 0 Å². The molecule has 1 N–H and O–H groups in total. The van der Waals surface area contributed by atoms with Crippen LogP contribution in [-0.4, -0.2) is 12.5 Å². The van der Waals surface area contributed by atoms with Gasteiger partial charge in [-0.05, 0) is 55.8 Å². The first-order valence-corrected chi connectivity index (χ1v) is 7.93. The molecule has 2 aromatic carbocycles. The molecule has 122 valence electrons. The van der Waals surface area contributed by atoms with Crippen LogP contribution in [0.15, 0.2) is 60.3 Å². The van der Waals surface area contributed by atoms with Crippen molar-refractivity contribution in [2.45, 2.75) is 13.8 Å². The average Bonchev–Trinajstić information content (AvgIpc) is 2.58. The van der Waals surface area contributed by atoms with Crippen molar-refractivity contribution in [2.75, 3.05) is 16.8 Å². The second-order valence-corrected chi connectivity index (χ2v) is 5.68. The standard InChI is InChI=1S/C19H18ClN3O/c1-3-23(18-6-4-5-14(2)11-18)13-15(12-21)19(24)22-17-9-7-16(20)8-10-17/h4-11,13H,3H2,1-2H3,(H,22,24)/b15-13-. The van der Waals surface area contributed by atoms with Crippen LogP contribution >= 0.6 is 11.6 Å². The lowest BCUT2D eigenvalue weighted by atomic mass is 10.2. The Bertz CT molecular complexity index is 791. The lowest BCUT2D eigenvalue weighted by Crippen LogP contribution is -2.20. The van der Waals surface area contributed by atoms with Crippen LogP contribution in [0.3, 0.4) is 0 Å². The maximum atomic E-state index is 12.3. The molecule has 0 radical (unpaired) electrons. The van der Waals surface area contributed by atoms with E-state index in [4.69, 9.17) is 11.6 Å². The summed E-state index contributed by atoms with van der Waals surface area (Å²) in [6.45, 7) is 4.60. The van der Waals surface area contributed by atoms with Crippen molar-refractivity contribution in [3.8, 4) is 6.07 Å². The fourth-order valence-electron chi connectivity index (χ4n) is 2.18. The predicted octanol–water partition coefficient (Wildman–Crippen LogP) is 4.52. The summed E-state index contributed by atoms with van der Waals surface area (Å²) in [6.07, 6.45) is 1.57. The maximum absolute atomic E-state index is 12.3. The first-order valence-electron chi connectivity index (χ1n) is 7.55. The third kappa shape index (κ3) is 4.61. The van der Waals surface area contributed by atoms with Gasteiger partial charge in [-0.3, -0.25) is 4.79 Å². The van der Waals surface area contributed by atoms with Crippen LogP contribution in [0, 0.1) is 18.3 Å². The smallest absolute Gasteiger partial charge is 0.267 e. The SMILES string of the molecule is CCN(/C=C(/C#N)C(=O)Nc1ccc(Cl)cc1)c1cccc(C)c1. The summed E-state index contributed by atoms with van der Waals surface area (Å²) in [5, 5.41) is 12.6. The van der Waals surface area contributed by atoms with Gasteiger partial charge in [-0.15, -0.1) is 0 Å². The maximum Gasteiger partial charge on any atom is 0.267 e. The van der Waals surface area contributed by atoms with Crippen molar-refractivity contribution in [3.63, 3.8) is 0 Å². The molecule has 4 nitrogen and oxygen atoms in total. The van der Waals surface area contributed by atoms with E-state index in [1.165, 1.54) is 0 Å². The lowest BCUT2D eigenvalue weighted by molar-refractivity contribution is -0.112. The first kappa shape index (κ1) is 17.6. The molecular weight excluding hydrogens is 322 g/mol. The van der Waals surface area contributed by atoms with Crippen molar-refractivity contribution in [2.24, 2.45) is 0 Å². The number of halogens is 1. The number of rotatable bonds is 5. The highest BCUT2D eigenvalue weighted by molar-refractivity contribution is 6.30. The van der Waals surface area contributed by atoms with Crippen LogP contribution in [0.5, 0.6) is 0 Å². The number of aryl methyl sites for hydroxylation is 1. The highest BCUT2D eigenvalue weighted by atomic mass is 35.5. The highest BCUT2D eigenvalue weighted by Crippen LogP contribution is 2.18. The molecule has 0 aromatic heterocycles. The van der Waals surface area contributed by atoms with Gasteiger partial charge in [0.2, 0.25) is 0 Å². The van der Waals surface area contributed by atoms with E-state index in [1.54, 1.807) is 30.5 Å². The number of nitrogens with one attached hydrogen (secondary N) is 1. The Hall–Kier alpha value is -2.77. The summed E-state index contributed by atoms with van der Waals surface area (Å²) in [4.78, 5) is 14.2. The molecule has 0 saturated carbocycles. The van der Waals surface area contributed by atoms with Crippen molar-refractivity contribution >= 4 is 28.9 Å². The minimum Gasteiger partial charge on any atom is -0.347 e. The number of nitriles is 1. The summed E-state index contributed by atoms with van der Waals surface area (Å²) < 4.78 is 0. The number of amides is 1. The van der Waals surface area contributed by atoms with Gasteiger partial charge in [-0.25, -0.2) is 0 Å². The van der Waals surface area contributed by atoms with Crippen LogP contribution in [0.4, 0.5) is 11.4 Å². The molecule has 0 saturated heterocycles. The first-order chi connectivity index (χ1) is 11.5. The molecule has 0 spiro atoms. The molecule has 0 heterocycles. The number of carbonyl (C=O) groups excluding carboxylic acids is 1. The van der Waals surface area contributed by atoms with E-state index >= 15 is 0 Å². The molecule has 0 unspecified atom stereocenters. The van der Waals surface area contributed by atoms with Gasteiger partial charge < -0.3 is 10.2 Å². The van der Waals surface area contributed by atoms with Crippen molar-refractivity contribution in [1.29, 1.82) is 5.26 Å². The fourth-order valence-corrected chi connectivity index (χ4v) is 2.31. The van der Waals surface area contributed by atoms with E-state index in [0.717, 1.165) is 11.3 Å². The van der Waals surface area contributed by atoms with Crippen LogP contribution in [0.25, 0.3) is 0 Å². The zero-order valence-electron chi connectivity index (χ0n) is 13.6. The molecular formula is C19H18ClN3O. The summed E-state index contributed by atoms with van der Waals surface area (Å²) >= 11 is 5.82. The molecule has 2 aromatic rings. The fraction of sp³-hybridized carbons (Fsp3) is 0.158. The molecule has 0 bridgehead atoms. The molecule has 2 rings (SSSR count). The molecule has 0 aliphatic carbocycles. The van der Waals surface area contributed by atoms with Crippen LogP contribution < -0.4 is 10.2 Å². The van der Waals surface area contributed by atoms with Gasteiger partial charge >= 0.3 is 0 Å². The summed E-state index contributed by atoms with van der Waals surface area (Å²) in [6, 6.07) is 16.6. The summed E-state index contributed by atoms with van der Waals surface area (Å²) in [5.74, 6) is -0.453. The summed E-state index contributed by atoms with van der Waals surface area (Å²) in [7, 11) is 0. The van der Waals surface area contributed by atoms with Crippen molar-refractivity contribution in [3.05, 3.63) is 70.9 Å². The normalized spacial score (nSPS) is 10.8. The second-order valence-electron chi connectivity index (χ2n) is 5.24. The number of hydrogen-bond acceptors (Lipinski definition) is 3. The Balaban J connectivity index is 2.21. The Kier molecular flexibility index (Phi) is 6.00. The minimum atomic E-state index is -0.453. The topological polar surface area (TPSA) is 56.1 Å². The van der Waals surface area contributed by atoms with Gasteiger partial charge in [0.05, 0.1) is 0 Å². The van der Waals surface area contributed by atoms with Gasteiger partial charge in [0.1, 0.15) is 11.6 Å². The monoisotopic (exact) mass is 339 g/mol. The van der Waals surface area contributed by atoms with Gasteiger partial charge in [-0.1, -0.05) is 23.7 Å². The molecule has 0 fully saturated rings. The Morgan fingerprint density at radius 2 is 2.00 bits per heavy atom. The van der Waals surface area contributed by atoms with E-state index in [-0.39, 0.29) is 5.57 Å². The Morgan fingerprint density at radius 1 is 1.29 bits per heavy atom. The minimum absolute atomic E-state index is 0.0355. The molecule has 24 heavy (non-hydrogen) atoms. The van der Waals surface area contributed by atoms with E-state index in [2.05, 4.69) is 5.32 Å². The van der Waals surface area contributed by atoms with E-state index < -0.39 is 5.91 Å². The zero-order chi connectivity index (χ0) is 17.5. The number of hydrogen-bond donors (Lipinski definition) is 1. The molecule has 1 amide bonds. The quantitative estimate of drug-likeness (QED) is 0.643. The predicted molar refractivity (Wildman–Crippen MR) is 98.0 cm³/mol. The zero-order valence-corrected chi connectivity index (χ0v) is 14.3. The van der Waals surface area contributed by atoms with Gasteiger partial charge in [-0.2, -0.15) is 5.26 Å². The molecule has 0 aliphatic heterocycles. The lowest BCUT2D eigenvalue weighted by Gasteiger charge is -2.19. The Morgan fingerprint density at radius 3 is 2.58 bits per heavy atom.